The second-order valence-corrected chi connectivity index (χ2v) is 3.92. The first kappa shape index (κ1) is 10.5. The summed E-state index contributed by atoms with van der Waals surface area (Å²) in [6, 6.07) is 1.48. The molecule has 1 N–H and O–H groups in total. The largest absolute Gasteiger partial charge is 0.477 e. The van der Waals surface area contributed by atoms with E-state index in [1.807, 2.05) is 13.8 Å². The second kappa shape index (κ2) is 3.55. The van der Waals surface area contributed by atoms with Crippen molar-refractivity contribution in [2.75, 3.05) is 0 Å². The summed E-state index contributed by atoms with van der Waals surface area (Å²) in [6.07, 6.45) is 0. The van der Waals surface area contributed by atoms with Gasteiger partial charge in [0.1, 0.15) is 0 Å². The molecule has 16 heavy (non-hydrogen) atoms. The van der Waals surface area contributed by atoms with Gasteiger partial charge in [0, 0.05) is 11.6 Å². The molecule has 0 aliphatic carbocycles. The van der Waals surface area contributed by atoms with E-state index in [-0.39, 0.29) is 11.6 Å². The average Bonchev–Trinajstić information content (AvgIpc) is 2.59. The number of aryl methyl sites for hydroxylation is 1. The monoisotopic (exact) mass is 220 g/mol. The first-order chi connectivity index (χ1) is 7.49. The van der Waals surface area contributed by atoms with Crippen LogP contribution in [0.15, 0.2) is 6.07 Å². The highest BCUT2D eigenvalue weighted by atomic mass is 16.4. The Morgan fingerprint density at radius 1 is 1.44 bits per heavy atom. The minimum absolute atomic E-state index is 0.0851. The predicted molar refractivity (Wildman–Crippen MR) is 56.6 cm³/mol. The third-order valence-electron chi connectivity index (χ3n) is 2.19. The molecule has 2 heterocycles. The van der Waals surface area contributed by atoms with Crippen molar-refractivity contribution in [1.29, 1.82) is 0 Å². The molecule has 6 nitrogen and oxygen atoms in total. The van der Waals surface area contributed by atoms with E-state index in [0.717, 1.165) is 0 Å². The Morgan fingerprint density at radius 3 is 2.69 bits per heavy atom. The zero-order valence-electron chi connectivity index (χ0n) is 9.30. The van der Waals surface area contributed by atoms with Gasteiger partial charge in [-0.05, 0) is 13.0 Å². The first-order valence-electron chi connectivity index (χ1n) is 4.96. The van der Waals surface area contributed by atoms with Gasteiger partial charge in [-0.3, -0.25) is 0 Å². The number of carbonyl (C=O) groups is 1. The molecule has 84 valence electrons. The highest BCUT2D eigenvalue weighted by molar-refractivity contribution is 5.86. The van der Waals surface area contributed by atoms with E-state index in [1.165, 1.54) is 10.6 Å². The Hall–Kier alpha value is -1.98. The molecule has 0 saturated heterocycles. The lowest BCUT2D eigenvalue weighted by molar-refractivity contribution is 0.0687. The SMILES string of the molecule is Cc1cc(C(=O)O)n2nc(C(C)C)nc2n1. The van der Waals surface area contributed by atoms with Crippen LogP contribution in [0.2, 0.25) is 0 Å². The summed E-state index contributed by atoms with van der Waals surface area (Å²) < 4.78 is 1.27. The molecule has 0 bridgehead atoms. The molecule has 0 unspecified atom stereocenters. The number of aromatic nitrogens is 4. The van der Waals surface area contributed by atoms with Crippen LogP contribution in [0, 0.1) is 6.92 Å². The maximum absolute atomic E-state index is 11.0. The third kappa shape index (κ3) is 1.62. The van der Waals surface area contributed by atoms with Crippen LogP contribution < -0.4 is 0 Å². The molecule has 6 heteroatoms. The Kier molecular flexibility index (Phi) is 2.34. The third-order valence-corrected chi connectivity index (χ3v) is 2.19. The van der Waals surface area contributed by atoms with Gasteiger partial charge < -0.3 is 5.11 Å². The van der Waals surface area contributed by atoms with Crippen LogP contribution in [0.25, 0.3) is 5.78 Å². The number of carboxylic acid groups (broad SMARTS) is 1. The van der Waals surface area contributed by atoms with E-state index >= 15 is 0 Å². The smallest absolute Gasteiger partial charge is 0.354 e. The number of fused-ring (bicyclic) bond motifs is 1. The molecule has 0 amide bonds. The van der Waals surface area contributed by atoms with Crippen molar-refractivity contribution in [2.45, 2.75) is 26.7 Å². The molecular formula is C10H12N4O2. The molecule has 0 aromatic carbocycles. The minimum Gasteiger partial charge on any atom is -0.477 e. The summed E-state index contributed by atoms with van der Waals surface area (Å²) in [7, 11) is 0. The van der Waals surface area contributed by atoms with Gasteiger partial charge in [-0.25, -0.2) is 9.78 Å². The normalized spacial score (nSPS) is 11.2. The lowest BCUT2D eigenvalue weighted by Crippen LogP contribution is -2.08. The van der Waals surface area contributed by atoms with E-state index in [2.05, 4.69) is 15.1 Å². The highest BCUT2D eigenvalue weighted by Gasteiger charge is 2.15. The molecule has 0 spiro atoms. The van der Waals surface area contributed by atoms with Crippen molar-refractivity contribution < 1.29 is 9.90 Å². The van der Waals surface area contributed by atoms with Crippen molar-refractivity contribution in [1.82, 2.24) is 19.6 Å². The molecule has 0 aliphatic rings. The highest BCUT2D eigenvalue weighted by Crippen LogP contribution is 2.12. The molecule has 0 saturated carbocycles. The number of hydrogen-bond acceptors (Lipinski definition) is 4. The van der Waals surface area contributed by atoms with Crippen LogP contribution >= 0.6 is 0 Å². The molecule has 0 aliphatic heterocycles. The summed E-state index contributed by atoms with van der Waals surface area (Å²) in [5.74, 6) is 0.0426. The Bertz CT molecular complexity index is 559. The molecule has 2 aromatic rings. The van der Waals surface area contributed by atoms with E-state index < -0.39 is 5.97 Å². The lowest BCUT2D eigenvalue weighted by Gasteiger charge is -1.99. The second-order valence-electron chi connectivity index (χ2n) is 3.92. The molecular weight excluding hydrogens is 208 g/mol. The molecule has 2 aromatic heterocycles. The predicted octanol–water partition coefficient (Wildman–Crippen LogP) is 1.25. The Labute approximate surface area is 92.0 Å². The van der Waals surface area contributed by atoms with Gasteiger partial charge in [-0.1, -0.05) is 13.8 Å². The topological polar surface area (TPSA) is 80.4 Å². The lowest BCUT2D eigenvalue weighted by atomic mass is 10.2. The molecule has 0 fully saturated rings. The van der Waals surface area contributed by atoms with Crippen molar-refractivity contribution >= 4 is 11.7 Å². The summed E-state index contributed by atoms with van der Waals surface area (Å²) in [6.45, 7) is 5.63. The average molecular weight is 220 g/mol. The zero-order chi connectivity index (χ0) is 11.9. The number of hydrogen-bond donors (Lipinski definition) is 1. The van der Waals surface area contributed by atoms with Crippen LogP contribution in [0.5, 0.6) is 0 Å². The summed E-state index contributed by atoms with van der Waals surface area (Å²) in [5, 5.41) is 13.2. The van der Waals surface area contributed by atoms with Gasteiger partial charge in [0.25, 0.3) is 5.78 Å². The minimum atomic E-state index is -1.03. The zero-order valence-corrected chi connectivity index (χ0v) is 9.30. The fourth-order valence-electron chi connectivity index (χ4n) is 1.40. The molecule has 2 rings (SSSR count). The molecule has 0 atom stereocenters. The maximum Gasteiger partial charge on any atom is 0.354 e. The van der Waals surface area contributed by atoms with Crippen molar-refractivity contribution in [3.63, 3.8) is 0 Å². The van der Waals surface area contributed by atoms with Crippen molar-refractivity contribution in [3.8, 4) is 0 Å². The van der Waals surface area contributed by atoms with Crippen LogP contribution in [0.1, 0.15) is 41.8 Å². The van der Waals surface area contributed by atoms with E-state index in [1.54, 1.807) is 6.92 Å². The van der Waals surface area contributed by atoms with Gasteiger partial charge in [-0.15, -0.1) is 5.10 Å². The van der Waals surface area contributed by atoms with Crippen LogP contribution in [-0.2, 0) is 0 Å². The fourth-order valence-corrected chi connectivity index (χ4v) is 1.40. The number of rotatable bonds is 2. The van der Waals surface area contributed by atoms with E-state index in [4.69, 9.17) is 5.11 Å². The number of nitrogens with zero attached hydrogens (tertiary/aromatic N) is 4. The van der Waals surface area contributed by atoms with Gasteiger partial charge >= 0.3 is 5.97 Å². The van der Waals surface area contributed by atoms with Gasteiger partial charge in [0.05, 0.1) is 0 Å². The summed E-state index contributed by atoms with van der Waals surface area (Å²) in [5.41, 5.74) is 0.703. The molecule has 0 radical (unpaired) electrons. The first-order valence-corrected chi connectivity index (χ1v) is 4.96. The van der Waals surface area contributed by atoms with Crippen molar-refractivity contribution in [2.24, 2.45) is 0 Å². The maximum atomic E-state index is 11.0. The van der Waals surface area contributed by atoms with Gasteiger partial charge in [0.2, 0.25) is 0 Å². The van der Waals surface area contributed by atoms with Crippen LogP contribution in [-0.4, -0.2) is 30.7 Å². The quantitative estimate of drug-likeness (QED) is 0.823. The van der Waals surface area contributed by atoms with E-state index in [9.17, 15) is 4.79 Å². The van der Waals surface area contributed by atoms with Crippen LogP contribution in [0.4, 0.5) is 0 Å². The van der Waals surface area contributed by atoms with Crippen molar-refractivity contribution in [3.05, 3.63) is 23.3 Å². The van der Waals surface area contributed by atoms with Gasteiger partial charge in [0.15, 0.2) is 11.5 Å². The Balaban J connectivity index is 2.75. The summed E-state index contributed by atoms with van der Waals surface area (Å²) in [4.78, 5) is 19.4. The number of aromatic carboxylic acids is 1. The summed E-state index contributed by atoms with van der Waals surface area (Å²) >= 11 is 0. The van der Waals surface area contributed by atoms with E-state index in [0.29, 0.717) is 17.3 Å². The fraction of sp³-hybridized carbons (Fsp3) is 0.400. The van der Waals surface area contributed by atoms with Gasteiger partial charge in [-0.2, -0.15) is 9.50 Å². The standard InChI is InChI=1S/C10H12N4O2/c1-5(2)8-12-10-11-6(3)4-7(9(15)16)14(10)13-8/h4-5H,1-3H3,(H,15,16). The van der Waals surface area contributed by atoms with Crippen LogP contribution in [0.3, 0.4) is 0 Å². The number of carboxylic acids is 1. The Morgan fingerprint density at radius 2 is 2.12 bits per heavy atom.